The van der Waals surface area contributed by atoms with Crippen molar-refractivity contribution >= 4 is 22.3 Å². The van der Waals surface area contributed by atoms with Gasteiger partial charge >= 0.3 is 0 Å². The van der Waals surface area contributed by atoms with Crippen LogP contribution in [0, 0.1) is 15.9 Å². The van der Waals surface area contributed by atoms with Crippen molar-refractivity contribution in [2.24, 2.45) is 10.7 Å². The highest BCUT2D eigenvalue weighted by molar-refractivity contribution is 7.86. The van der Waals surface area contributed by atoms with Crippen molar-refractivity contribution in [3.05, 3.63) is 39.7 Å². The van der Waals surface area contributed by atoms with Gasteiger partial charge in [-0.05, 0) is 13.0 Å². The maximum absolute atomic E-state index is 13.7. The van der Waals surface area contributed by atoms with Crippen LogP contribution in [0.2, 0.25) is 0 Å². The topological polar surface area (TPSA) is 98.6 Å². The van der Waals surface area contributed by atoms with Crippen LogP contribution in [0.15, 0.2) is 23.2 Å². The zero-order valence-electron chi connectivity index (χ0n) is 12.8. The first kappa shape index (κ1) is 18.2. The predicted molar refractivity (Wildman–Crippen MR) is 85.9 cm³/mol. The number of hydrogen-bond acceptors (Lipinski definition) is 5. The highest BCUT2D eigenvalue weighted by atomic mass is 32.2. The molecular formula is C14H20FN3O3S. The van der Waals surface area contributed by atoms with E-state index >= 15 is 0 Å². The van der Waals surface area contributed by atoms with E-state index in [9.17, 15) is 18.7 Å². The van der Waals surface area contributed by atoms with Crippen LogP contribution in [0.1, 0.15) is 38.8 Å². The Morgan fingerprint density at radius 3 is 2.59 bits per heavy atom. The quantitative estimate of drug-likeness (QED) is 0.666. The van der Waals surface area contributed by atoms with Crippen LogP contribution >= 0.6 is 0 Å². The Hall–Kier alpha value is -1.83. The maximum atomic E-state index is 13.7. The van der Waals surface area contributed by atoms with Gasteiger partial charge in [-0.1, -0.05) is 20.3 Å². The third kappa shape index (κ3) is 4.33. The van der Waals surface area contributed by atoms with Crippen molar-refractivity contribution in [3.63, 3.8) is 0 Å². The van der Waals surface area contributed by atoms with Gasteiger partial charge in [0.2, 0.25) is 0 Å². The summed E-state index contributed by atoms with van der Waals surface area (Å²) in [6.45, 7) is 5.93. The molecule has 2 N–H and O–H groups in total. The first-order chi connectivity index (χ1) is 10.3. The SMILES string of the molecule is CC1C(N)=NC(c2cc([N+](=O)[O-])ccc2F)CS1=O.CCC. The summed E-state index contributed by atoms with van der Waals surface area (Å²) in [4.78, 5) is 14.2. The summed E-state index contributed by atoms with van der Waals surface area (Å²) in [7, 11) is -1.26. The molecular weight excluding hydrogens is 309 g/mol. The second kappa shape index (κ2) is 7.98. The molecule has 1 heterocycles. The van der Waals surface area contributed by atoms with Crippen LogP contribution in [0.4, 0.5) is 10.1 Å². The van der Waals surface area contributed by atoms with E-state index in [0.717, 1.165) is 18.2 Å². The molecule has 0 radical (unpaired) electrons. The van der Waals surface area contributed by atoms with Crippen molar-refractivity contribution in [3.8, 4) is 0 Å². The highest BCUT2D eigenvalue weighted by Crippen LogP contribution is 2.29. The number of benzene rings is 1. The zero-order valence-corrected chi connectivity index (χ0v) is 13.6. The van der Waals surface area contributed by atoms with Gasteiger partial charge in [-0.15, -0.1) is 0 Å². The summed E-state index contributed by atoms with van der Waals surface area (Å²) in [5, 5.41) is 10.3. The van der Waals surface area contributed by atoms with Crippen molar-refractivity contribution in [2.75, 3.05) is 5.75 Å². The molecule has 0 saturated carbocycles. The minimum absolute atomic E-state index is 0.0531. The third-order valence-electron chi connectivity index (χ3n) is 2.99. The molecule has 122 valence electrons. The summed E-state index contributed by atoms with van der Waals surface area (Å²) in [6.07, 6.45) is 1.25. The fourth-order valence-electron chi connectivity index (χ4n) is 1.82. The van der Waals surface area contributed by atoms with E-state index < -0.39 is 27.6 Å². The number of non-ortho nitro benzene ring substituents is 1. The van der Waals surface area contributed by atoms with Crippen LogP contribution < -0.4 is 5.73 Å². The van der Waals surface area contributed by atoms with Gasteiger partial charge in [0.25, 0.3) is 5.69 Å². The molecule has 0 bridgehead atoms. The van der Waals surface area contributed by atoms with E-state index in [4.69, 9.17) is 5.73 Å². The first-order valence-electron chi connectivity index (χ1n) is 6.95. The molecule has 0 aromatic heterocycles. The lowest BCUT2D eigenvalue weighted by Gasteiger charge is -2.23. The molecule has 1 aromatic rings. The van der Waals surface area contributed by atoms with Gasteiger partial charge in [-0.25, -0.2) is 4.39 Å². The fraction of sp³-hybridized carbons (Fsp3) is 0.500. The molecule has 3 unspecified atom stereocenters. The molecule has 0 fully saturated rings. The van der Waals surface area contributed by atoms with Gasteiger partial charge in [-0.3, -0.25) is 19.3 Å². The van der Waals surface area contributed by atoms with Crippen LogP contribution in [-0.2, 0) is 10.8 Å². The lowest BCUT2D eigenvalue weighted by molar-refractivity contribution is -0.385. The van der Waals surface area contributed by atoms with Crippen molar-refractivity contribution in [2.45, 2.75) is 38.5 Å². The van der Waals surface area contributed by atoms with Gasteiger partial charge in [0.05, 0.1) is 22.0 Å². The Labute approximate surface area is 131 Å². The Morgan fingerprint density at radius 1 is 1.50 bits per heavy atom. The first-order valence-corrected chi connectivity index (χ1v) is 8.34. The molecule has 22 heavy (non-hydrogen) atoms. The van der Waals surface area contributed by atoms with E-state index in [1.54, 1.807) is 6.92 Å². The molecule has 3 atom stereocenters. The number of aliphatic imine (C=N–C) groups is 1. The van der Waals surface area contributed by atoms with Gasteiger partial charge in [0.1, 0.15) is 11.7 Å². The van der Waals surface area contributed by atoms with Gasteiger partial charge < -0.3 is 5.73 Å². The molecule has 1 aliphatic heterocycles. The molecule has 1 aliphatic rings. The number of halogens is 1. The van der Waals surface area contributed by atoms with Gasteiger partial charge in [-0.2, -0.15) is 0 Å². The van der Waals surface area contributed by atoms with Crippen molar-refractivity contribution in [1.29, 1.82) is 0 Å². The molecule has 8 heteroatoms. The van der Waals surface area contributed by atoms with Crippen LogP contribution in [0.5, 0.6) is 0 Å². The largest absolute Gasteiger partial charge is 0.386 e. The summed E-state index contributed by atoms with van der Waals surface area (Å²) in [6, 6.07) is 2.47. The molecule has 0 spiro atoms. The number of nitrogens with two attached hydrogens (primary N) is 1. The second-order valence-electron chi connectivity index (χ2n) is 4.93. The normalized spacial score (nSPS) is 24.0. The summed E-state index contributed by atoms with van der Waals surface area (Å²) >= 11 is 0. The summed E-state index contributed by atoms with van der Waals surface area (Å²) in [5.41, 5.74) is 5.47. The molecule has 6 nitrogen and oxygen atoms in total. The lowest BCUT2D eigenvalue weighted by Crippen LogP contribution is -2.37. The number of nitro benzene ring substituents is 1. The van der Waals surface area contributed by atoms with Crippen molar-refractivity contribution < 1.29 is 13.5 Å². The van der Waals surface area contributed by atoms with Gasteiger partial charge in [0.15, 0.2) is 0 Å². The zero-order chi connectivity index (χ0) is 16.9. The average Bonchev–Trinajstić information content (AvgIpc) is 2.45. The summed E-state index contributed by atoms with van der Waals surface area (Å²) < 4.78 is 25.5. The van der Waals surface area contributed by atoms with E-state index in [1.165, 1.54) is 6.42 Å². The molecule has 0 amide bonds. The minimum Gasteiger partial charge on any atom is -0.386 e. The maximum Gasteiger partial charge on any atom is 0.269 e. The van der Waals surface area contributed by atoms with Gasteiger partial charge in [0, 0.05) is 28.5 Å². The molecule has 1 aromatic carbocycles. The third-order valence-corrected chi connectivity index (χ3v) is 4.66. The number of hydrogen-bond donors (Lipinski definition) is 1. The lowest BCUT2D eigenvalue weighted by atomic mass is 10.1. The minimum atomic E-state index is -1.26. The number of amidine groups is 1. The average molecular weight is 329 g/mol. The van der Waals surface area contributed by atoms with Crippen LogP contribution in [0.25, 0.3) is 0 Å². The number of nitro groups is 1. The molecule has 0 saturated heterocycles. The van der Waals surface area contributed by atoms with E-state index in [0.29, 0.717) is 0 Å². The smallest absolute Gasteiger partial charge is 0.269 e. The van der Waals surface area contributed by atoms with E-state index in [1.807, 2.05) is 0 Å². The molecule has 0 aliphatic carbocycles. The Kier molecular flexibility index (Phi) is 6.61. The standard InChI is InChI=1S/C11H12FN3O3S.C3H8/c1-6-11(13)14-10(5-19(6)18)8-4-7(15(16)17)2-3-9(8)12;1-3-2/h2-4,6,10H,5H2,1H3,(H2,13,14);3H2,1-2H3. The number of nitrogens with zero attached hydrogens (tertiary/aromatic N) is 2. The number of rotatable bonds is 2. The Morgan fingerprint density at radius 2 is 2.09 bits per heavy atom. The summed E-state index contributed by atoms with van der Waals surface area (Å²) in [5.74, 6) is -0.320. The Bertz CT molecular complexity index is 607. The molecule has 2 rings (SSSR count). The fourth-order valence-corrected chi connectivity index (χ4v) is 3.00. The monoisotopic (exact) mass is 329 g/mol. The Balaban J connectivity index is 0.000000745. The van der Waals surface area contributed by atoms with E-state index in [2.05, 4.69) is 18.8 Å². The van der Waals surface area contributed by atoms with E-state index in [-0.39, 0.29) is 28.1 Å². The highest BCUT2D eigenvalue weighted by Gasteiger charge is 2.29. The second-order valence-corrected chi connectivity index (χ2v) is 6.73. The predicted octanol–water partition coefficient (Wildman–Crippen LogP) is 2.70. The van der Waals surface area contributed by atoms with Crippen LogP contribution in [0.3, 0.4) is 0 Å². The van der Waals surface area contributed by atoms with Crippen LogP contribution in [-0.4, -0.2) is 26.0 Å². The van der Waals surface area contributed by atoms with Crippen molar-refractivity contribution in [1.82, 2.24) is 0 Å².